The molecule has 0 saturated carbocycles. The highest BCUT2D eigenvalue weighted by atomic mass is 32.2. The van der Waals surface area contributed by atoms with Crippen LogP contribution in [-0.2, 0) is 25.1 Å². The number of esters is 1. The lowest BCUT2D eigenvalue weighted by atomic mass is 10.2. The van der Waals surface area contributed by atoms with Gasteiger partial charge in [-0.3, -0.25) is 13.8 Å². The van der Waals surface area contributed by atoms with E-state index in [0.29, 0.717) is 12.4 Å². The van der Waals surface area contributed by atoms with Gasteiger partial charge in [0.15, 0.2) is 0 Å². The largest absolute Gasteiger partial charge is 0.466 e. The molecule has 15 heavy (non-hydrogen) atoms. The monoisotopic (exact) mass is 234 g/mol. The van der Waals surface area contributed by atoms with E-state index in [1.54, 1.807) is 6.92 Å². The van der Waals surface area contributed by atoms with E-state index >= 15 is 0 Å². The molecular weight excluding hydrogens is 216 g/mol. The number of rotatable bonds is 8. The van der Waals surface area contributed by atoms with Gasteiger partial charge in [0.25, 0.3) is 0 Å². The minimum Gasteiger partial charge on any atom is -0.466 e. The molecule has 1 unspecified atom stereocenters. The molecule has 0 fully saturated rings. The molecule has 0 heterocycles. The molecule has 0 aromatic carbocycles. The normalized spacial score (nSPS) is 12.1. The van der Waals surface area contributed by atoms with Crippen LogP contribution in [-0.4, -0.2) is 34.1 Å². The lowest BCUT2D eigenvalue weighted by molar-refractivity contribution is -0.144. The Balaban J connectivity index is 3.66. The smallest absolute Gasteiger partial charge is 0.306 e. The van der Waals surface area contributed by atoms with Crippen LogP contribution in [0.1, 0.15) is 33.1 Å². The van der Waals surface area contributed by atoms with Gasteiger partial charge in [0, 0.05) is 23.0 Å². The molecule has 0 rings (SSSR count). The van der Waals surface area contributed by atoms with Crippen molar-refractivity contribution in [2.24, 2.45) is 0 Å². The van der Waals surface area contributed by atoms with Gasteiger partial charge in [-0.1, -0.05) is 6.92 Å². The third-order valence-electron chi connectivity index (χ3n) is 1.67. The summed E-state index contributed by atoms with van der Waals surface area (Å²) in [6.07, 6.45) is 1.03. The fourth-order valence-corrected chi connectivity index (χ4v) is 2.13. The zero-order chi connectivity index (χ0) is 11.7. The molecule has 0 aliphatic heterocycles. The van der Waals surface area contributed by atoms with Crippen molar-refractivity contribution in [3.8, 4) is 0 Å². The molecule has 0 radical (unpaired) electrons. The van der Waals surface area contributed by atoms with Gasteiger partial charge in [0.05, 0.1) is 18.8 Å². The Morgan fingerprint density at radius 1 is 1.20 bits per heavy atom. The van der Waals surface area contributed by atoms with Crippen LogP contribution >= 0.6 is 0 Å². The first-order chi connectivity index (χ1) is 7.10. The van der Waals surface area contributed by atoms with Gasteiger partial charge in [-0.15, -0.1) is 0 Å². The molecule has 0 amide bonds. The molecule has 0 aromatic heterocycles. The van der Waals surface area contributed by atoms with Crippen LogP contribution in [0.3, 0.4) is 0 Å². The lowest BCUT2D eigenvalue weighted by Gasteiger charge is -2.01. The summed E-state index contributed by atoms with van der Waals surface area (Å²) in [6.45, 7) is 3.96. The van der Waals surface area contributed by atoms with Gasteiger partial charge in [-0.2, -0.15) is 0 Å². The van der Waals surface area contributed by atoms with Crippen LogP contribution in [0.25, 0.3) is 0 Å². The molecule has 0 saturated heterocycles. The molecular formula is C10H18O4S. The lowest BCUT2D eigenvalue weighted by Crippen LogP contribution is -2.15. The summed E-state index contributed by atoms with van der Waals surface area (Å²) in [5, 5.41) is 0. The molecule has 0 aliphatic rings. The first-order valence-corrected chi connectivity index (χ1v) is 6.61. The van der Waals surface area contributed by atoms with Crippen molar-refractivity contribution in [1.29, 1.82) is 0 Å². The third-order valence-corrected chi connectivity index (χ3v) is 3.17. The van der Waals surface area contributed by atoms with E-state index in [1.165, 1.54) is 0 Å². The number of ketones is 1. The Bertz CT molecular complexity index is 238. The first-order valence-electron chi connectivity index (χ1n) is 5.12. The fourth-order valence-electron chi connectivity index (χ4n) is 1.03. The highest BCUT2D eigenvalue weighted by Gasteiger charge is 2.10. The molecule has 5 heteroatoms. The summed E-state index contributed by atoms with van der Waals surface area (Å²) >= 11 is 0. The van der Waals surface area contributed by atoms with Crippen LogP contribution in [0, 0.1) is 0 Å². The maximum atomic E-state index is 11.2. The summed E-state index contributed by atoms with van der Waals surface area (Å²) in [6, 6.07) is 0. The zero-order valence-electron chi connectivity index (χ0n) is 9.28. The number of carbonyl (C=O) groups excluding carboxylic acids is 2. The fraction of sp³-hybridized carbons (Fsp3) is 0.800. The van der Waals surface area contributed by atoms with Crippen LogP contribution in [0.15, 0.2) is 0 Å². The average molecular weight is 234 g/mol. The van der Waals surface area contributed by atoms with Crippen molar-refractivity contribution in [2.75, 3.05) is 18.1 Å². The van der Waals surface area contributed by atoms with E-state index < -0.39 is 10.8 Å². The van der Waals surface area contributed by atoms with Crippen LogP contribution < -0.4 is 0 Å². The van der Waals surface area contributed by atoms with Gasteiger partial charge in [-0.05, 0) is 13.3 Å². The predicted molar refractivity (Wildman–Crippen MR) is 59.0 cm³/mol. The van der Waals surface area contributed by atoms with Gasteiger partial charge in [-0.25, -0.2) is 0 Å². The topological polar surface area (TPSA) is 60.4 Å². The van der Waals surface area contributed by atoms with Crippen molar-refractivity contribution < 1.29 is 18.5 Å². The Kier molecular flexibility index (Phi) is 8.18. The van der Waals surface area contributed by atoms with Gasteiger partial charge < -0.3 is 4.74 Å². The predicted octanol–water partition coefficient (Wildman–Crippen LogP) is 1.06. The quantitative estimate of drug-likeness (QED) is 0.589. The molecule has 0 aromatic rings. The highest BCUT2D eigenvalue weighted by molar-refractivity contribution is 7.85. The summed E-state index contributed by atoms with van der Waals surface area (Å²) in [4.78, 5) is 22.1. The Morgan fingerprint density at radius 2 is 1.87 bits per heavy atom. The third kappa shape index (κ3) is 8.30. The van der Waals surface area contributed by atoms with Gasteiger partial charge in [0.2, 0.25) is 0 Å². The van der Waals surface area contributed by atoms with E-state index in [4.69, 9.17) is 0 Å². The molecule has 0 spiro atoms. The minimum absolute atomic E-state index is 0.0627. The van der Waals surface area contributed by atoms with Crippen LogP contribution in [0.5, 0.6) is 0 Å². The molecule has 0 bridgehead atoms. The Labute approximate surface area is 92.8 Å². The van der Waals surface area contributed by atoms with Gasteiger partial charge >= 0.3 is 5.97 Å². The SMILES string of the molecule is CCCS(=O)CC(=O)CCC(=O)OCC. The number of hydrogen-bond acceptors (Lipinski definition) is 4. The number of hydrogen-bond donors (Lipinski definition) is 0. The molecule has 0 aliphatic carbocycles. The van der Waals surface area contributed by atoms with E-state index in [9.17, 15) is 13.8 Å². The van der Waals surface area contributed by atoms with Gasteiger partial charge in [0.1, 0.15) is 5.78 Å². The van der Waals surface area contributed by atoms with Crippen molar-refractivity contribution >= 4 is 22.6 Å². The number of ether oxygens (including phenoxy) is 1. The standard InChI is InChI=1S/C10H18O4S/c1-3-7-15(13)8-9(11)5-6-10(12)14-4-2/h3-8H2,1-2H3. The second kappa shape index (κ2) is 8.59. The molecule has 88 valence electrons. The van der Waals surface area contributed by atoms with Crippen molar-refractivity contribution in [3.05, 3.63) is 0 Å². The molecule has 0 N–H and O–H groups in total. The maximum absolute atomic E-state index is 11.2. The molecule has 1 atom stereocenters. The van der Waals surface area contributed by atoms with Crippen LogP contribution in [0.2, 0.25) is 0 Å². The zero-order valence-corrected chi connectivity index (χ0v) is 10.1. The number of Topliss-reactive ketones (excluding diaryl/α,β-unsaturated/α-hetero) is 1. The summed E-state index contributed by atoms with van der Waals surface area (Å²) in [5.41, 5.74) is 0. The van der Waals surface area contributed by atoms with E-state index in [0.717, 1.165) is 6.42 Å². The van der Waals surface area contributed by atoms with Crippen molar-refractivity contribution in [3.63, 3.8) is 0 Å². The Hall–Kier alpha value is -0.710. The maximum Gasteiger partial charge on any atom is 0.306 e. The first kappa shape index (κ1) is 14.3. The van der Waals surface area contributed by atoms with Crippen molar-refractivity contribution in [2.45, 2.75) is 33.1 Å². The van der Waals surface area contributed by atoms with Crippen molar-refractivity contribution in [1.82, 2.24) is 0 Å². The highest BCUT2D eigenvalue weighted by Crippen LogP contribution is 1.97. The Morgan fingerprint density at radius 3 is 2.40 bits per heavy atom. The van der Waals surface area contributed by atoms with E-state index in [1.807, 2.05) is 6.92 Å². The van der Waals surface area contributed by atoms with Crippen LogP contribution in [0.4, 0.5) is 0 Å². The number of carbonyl (C=O) groups is 2. The molecule has 4 nitrogen and oxygen atoms in total. The van der Waals surface area contributed by atoms with E-state index in [-0.39, 0.29) is 30.3 Å². The minimum atomic E-state index is -1.07. The van der Waals surface area contributed by atoms with E-state index in [2.05, 4.69) is 4.74 Å². The summed E-state index contributed by atoms with van der Waals surface area (Å²) in [7, 11) is -1.07. The summed E-state index contributed by atoms with van der Waals surface area (Å²) in [5.74, 6) is 0.111. The second-order valence-electron chi connectivity index (χ2n) is 3.13. The second-order valence-corrected chi connectivity index (χ2v) is 4.71. The summed E-state index contributed by atoms with van der Waals surface area (Å²) < 4.78 is 15.9. The average Bonchev–Trinajstić information content (AvgIpc) is 2.15.